The molecule has 3 aromatic heterocycles. The molecule has 35 heteroatoms. The van der Waals surface area contributed by atoms with Crippen LogP contribution in [0.5, 0.6) is 17.2 Å². The molecular weight excluding hydrogens is 1450 g/mol. The third-order valence-electron chi connectivity index (χ3n) is 18.9. The molecule has 109 heavy (non-hydrogen) atoms. The van der Waals surface area contributed by atoms with Crippen molar-refractivity contribution in [3.63, 3.8) is 0 Å². The van der Waals surface area contributed by atoms with Gasteiger partial charge in [-0.05, 0) is 50.1 Å². The minimum atomic E-state index is -1.02. The van der Waals surface area contributed by atoms with Crippen LogP contribution in [0.25, 0.3) is 0 Å². The summed E-state index contributed by atoms with van der Waals surface area (Å²) in [5.74, 6) is -9.86. The number of methoxy groups -OCH3 is 3. The van der Waals surface area contributed by atoms with E-state index >= 15 is 0 Å². The number of pyridine rings is 3. The van der Waals surface area contributed by atoms with Gasteiger partial charge in [0, 0.05) is 95.5 Å². The quantitative estimate of drug-likeness (QED) is 0.0554. The zero-order chi connectivity index (χ0) is 76.4. The standard InChI is InChI=1S/2C27H26F2N4O5.C20H20F2N4O5.ClH.Li/c2*1-3-31-15-32-13-20(37-2)22-21(26(35)30-12-17-9-10-18(28)11-19(17)29)24(34)25(23(27(31)36)33(22)32)38-14-16-7-5-4-6-8-16;1-3-24-9-25-8-13(31-2)15-14(17(27)18(28)16(20(24)30)26(15)25)19(29)23-7-10-4-5-11(21)6-12(10)22;;/h2*4-11,20H,3,12-15H2,1-2H3,(H,30,35);4-6,13,28H,3,7-9H2,1-2H3,(H,23,29);1H;/q;;;;+1/p-1. The maximum atomic E-state index is 14.2. The topological polar surface area (TPSA) is 290 Å². The second-order valence-electron chi connectivity index (χ2n) is 25.2. The summed E-state index contributed by atoms with van der Waals surface area (Å²) in [7, 11) is 4.31. The summed E-state index contributed by atoms with van der Waals surface area (Å²) in [6.45, 7) is 7.22. The first-order valence-electron chi connectivity index (χ1n) is 33.8. The smallest absolute Gasteiger partial charge is 1.00 e. The minimum absolute atomic E-state index is 0. The number of rotatable bonds is 21. The number of carbonyl (C=O) groups excluding carboxylic acids is 6. The van der Waals surface area contributed by atoms with Crippen molar-refractivity contribution in [3.8, 4) is 17.2 Å². The van der Waals surface area contributed by atoms with E-state index in [-0.39, 0.29) is 164 Å². The van der Waals surface area contributed by atoms with Crippen molar-refractivity contribution in [1.29, 1.82) is 0 Å². The van der Waals surface area contributed by atoms with Gasteiger partial charge in [0.1, 0.15) is 103 Å². The third kappa shape index (κ3) is 15.6. The van der Waals surface area contributed by atoms with Gasteiger partial charge >= 0.3 is 18.9 Å². The molecule has 0 fully saturated rings. The summed E-state index contributed by atoms with van der Waals surface area (Å²) < 4.78 is 115. The minimum Gasteiger partial charge on any atom is -1.00 e. The Hall–Kier alpha value is -11.1. The molecule has 8 aromatic rings. The van der Waals surface area contributed by atoms with Crippen LogP contribution in [0.2, 0.25) is 0 Å². The number of hydrogen-bond donors (Lipinski definition) is 4. The third-order valence-corrected chi connectivity index (χ3v) is 18.9. The number of amides is 6. The molecule has 0 radical (unpaired) electrons. The van der Waals surface area contributed by atoms with Crippen LogP contribution in [0.3, 0.4) is 0 Å². The van der Waals surface area contributed by atoms with Gasteiger partial charge in [-0.1, -0.05) is 78.9 Å². The molecule has 0 saturated carbocycles. The van der Waals surface area contributed by atoms with Crippen LogP contribution < -0.4 is 88.0 Å². The summed E-state index contributed by atoms with van der Waals surface area (Å²) in [5, 5.41) is 23.4. The summed E-state index contributed by atoms with van der Waals surface area (Å²) in [5.41, 5.74) is -1.41. The number of halogens is 7. The molecule has 27 nitrogen and oxygen atoms in total. The molecule has 6 aliphatic heterocycles. The van der Waals surface area contributed by atoms with Crippen molar-refractivity contribution in [2.75, 3.05) is 95.6 Å². The normalized spacial score (nSPS) is 16.0. The van der Waals surface area contributed by atoms with Gasteiger partial charge in [-0.3, -0.25) is 58.2 Å². The molecule has 3 unspecified atom stereocenters. The Morgan fingerprint density at radius 2 is 0.734 bits per heavy atom. The zero-order valence-corrected chi connectivity index (χ0v) is 60.7. The average Bonchev–Trinajstić information content (AvgIpc) is 1.62. The van der Waals surface area contributed by atoms with Crippen molar-refractivity contribution in [3.05, 3.63) is 260 Å². The van der Waals surface area contributed by atoms with Gasteiger partial charge in [0.2, 0.25) is 16.3 Å². The SMILES string of the molecule is CCN1CN2CC(OC)c3c(C(=O)NCc4ccc(F)cc4F)c(=O)c(O)c(n32)C1=O.CCN1CN2CC(OC)c3c(C(=O)NCc4ccc(F)cc4F)c(=O)c(OCc4ccccc4)c(n32)C1=O.CCN1CN2CC(OC)c3c(C(=O)NCc4ccc(F)cc4F)c(=O)c(OCc4ccccc4)c(n32)C1=O.[Cl-].[Li+]. The number of nitrogens with one attached hydrogen (secondary N) is 3. The first-order valence-corrected chi connectivity index (χ1v) is 33.8. The zero-order valence-electron chi connectivity index (χ0n) is 59.9. The van der Waals surface area contributed by atoms with Crippen molar-refractivity contribution >= 4 is 35.4 Å². The van der Waals surface area contributed by atoms with Crippen molar-refractivity contribution in [2.24, 2.45) is 0 Å². The van der Waals surface area contributed by atoms with Crippen LogP contribution in [0.15, 0.2) is 130 Å². The molecule has 9 heterocycles. The Bertz CT molecular complexity index is 4840. The van der Waals surface area contributed by atoms with E-state index in [2.05, 4.69) is 16.0 Å². The second-order valence-corrected chi connectivity index (χ2v) is 25.2. The van der Waals surface area contributed by atoms with Crippen LogP contribution in [0, 0.1) is 34.9 Å². The molecule has 14 rings (SSSR count). The number of hydrogen-bond acceptors (Lipinski definition) is 18. The summed E-state index contributed by atoms with van der Waals surface area (Å²) in [4.78, 5) is 125. The number of benzene rings is 5. The van der Waals surface area contributed by atoms with E-state index in [4.69, 9.17) is 23.7 Å². The van der Waals surface area contributed by atoms with Gasteiger partial charge in [0.15, 0.2) is 34.3 Å². The van der Waals surface area contributed by atoms with Gasteiger partial charge in [-0.2, -0.15) is 0 Å². The summed E-state index contributed by atoms with van der Waals surface area (Å²) >= 11 is 0. The van der Waals surface area contributed by atoms with Gasteiger partial charge in [0.25, 0.3) is 35.4 Å². The van der Waals surface area contributed by atoms with Crippen LogP contribution >= 0.6 is 0 Å². The molecule has 0 aliphatic carbocycles. The van der Waals surface area contributed by atoms with Crippen LogP contribution in [-0.4, -0.2) is 150 Å². The maximum Gasteiger partial charge on any atom is 1.00 e. The largest absolute Gasteiger partial charge is 1.00 e. The summed E-state index contributed by atoms with van der Waals surface area (Å²) in [6.07, 6.45) is -2.07. The molecule has 0 bridgehead atoms. The molecule has 4 N–H and O–H groups in total. The van der Waals surface area contributed by atoms with Gasteiger partial charge in [-0.15, -0.1) is 0 Å². The van der Waals surface area contributed by atoms with E-state index in [0.717, 1.165) is 29.3 Å². The Morgan fingerprint density at radius 3 is 1.03 bits per heavy atom. The number of ether oxygens (including phenoxy) is 5. The molecular formula is C74H72ClF6LiN12O15. The van der Waals surface area contributed by atoms with Gasteiger partial charge in [0.05, 0.1) is 36.7 Å². The van der Waals surface area contributed by atoms with E-state index in [1.54, 1.807) is 21.7 Å². The van der Waals surface area contributed by atoms with E-state index in [9.17, 15) is 74.6 Å². The first kappa shape index (κ1) is 80.5. The Labute approximate surface area is 636 Å². The molecule has 568 valence electrons. The molecule has 6 aliphatic rings. The first-order chi connectivity index (χ1) is 51.4. The molecule has 0 spiro atoms. The fraction of sp³-hybridized carbons (Fsp3) is 0.311. The molecule has 0 saturated heterocycles. The summed E-state index contributed by atoms with van der Waals surface area (Å²) in [6, 6.07) is 27.2. The molecule has 6 amide bonds. The van der Waals surface area contributed by atoms with Crippen molar-refractivity contribution < 1.29 is 115 Å². The number of aromatic hydroxyl groups is 1. The second kappa shape index (κ2) is 34.0. The van der Waals surface area contributed by atoms with E-state index in [1.807, 2.05) is 84.5 Å². The van der Waals surface area contributed by atoms with Crippen LogP contribution in [0.1, 0.15) is 147 Å². The predicted molar refractivity (Wildman–Crippen MR) is 371 cm³/mol. The van der Waals surface area contributed by atoms with Crippen molar-refractivity contribution in [1.82, 2.24) is 44.7 Å². The number of nitrogens with zero attached hydrogens (tertiary/aromatic N) is 9. The Kier molecular flexibility index (Phi) is 25.1. The fourth-order valence-corrected chi connectivity index (χ4v) is 13.5. The molecule has 5 aromatic carbocycles. The fourth-order valence-electron chi connectivity index (χ4n) is 13.5. The monoisotopic (exact) mass is 1520 g/mol. The molecule has 3 atom stereocenters. The van der Waals surface area contributed by atoms with Crippen molar-refractivity contribution in [2.45, 2.75) is 71.9 Å². The number of carbonyl (C=O) groups is 6. The van der Waals surface area contributed by atoms with Gasteiger partial charge < -0.3 is 71.8 Å². The average molecular weight is 1530 g/mol. The Balaban J connectivity index is 0.000000174. The van der Waals surface area contributed by atoms with E-state index in [1.165, 1.54) is 58.5 Å². The predicted octanol–water partition coefficient (Wildman–Crippen LogP) is 0.258. The number of aromatic nitrogens is 3. The van der Waals surface area contributed by atoms with E-state index in [0.29, 0.717) is 50.9 Å². The van der Waals surface area contributed by atoms with Gasteiger partial charge in [-0.25, -0.2) is 40.4 Å². The Morgan fingerprint density at radius 1 is 0.440 bits per heavy atom. The maximum absolute atomic E-state index is 14.2. The van der Waals surface area contributed by atoms with Crippen LogP contribution in [0.4, 0.5) is 26.3 Å². The van der Waals surface area contributed by atoms with Crippen LogP contribution in [-0.2, 0) is 47.1 Å². The van der Waals surface area contributed by atoms with E-state index < -0.39 is 116 Å².